The van der Waals surface area contributed by atoms with Crippen LogP contribution in [0, 0.1) is 11.6 Å². The monoisotopic (exact) mass is 212 g/mol. The van der Waals surface area contributed by atoms with Crippen LogP contribution in [0.3, 0.4) is 0 Å². The van der Waals surface area contributed by atoms with Gasteiger partial charge in [0, 0.05) is 5.56 Å². The van der Waals surface area contributed by atoms with E-state index in [1.54, 1.807) is 0 Å². The first-order valence-corrected chi connectivity index (χ1v) is 4.14. The zero-order chi connectivity index (χ0) is 11.0. The summed E-state index contributed by atoms with van der Waals surface area (Å²) in [7, 11) is 0. The summed E-state index contributed by atoms with van der Waals surface area (Å²) >= 11 is 0. The molecule has 0 radical (unpaired) electrons. The Morgan fingerprint density at radius 3 is 2.53 bits per heavy atom. The Bertz CT molecular complexity index is 448. The molecule has 1 aromatic rings. The van der Waals surface area contributed by atoms with Gasteiger partial charge >= 0.3 is 6.03 Å². The van der Waals surface area contributed by atoms with E-state index >= 15 is 0 Å². The summed E-state index contributed by atoms with van der Waals surface area (Å²) in [5.41, 5.74) is -0.182. The predicted molar refractivity (Wildman–Crippen MR) is 45.8 cm³/mol. The van der Waals surface area contributed by atoms with Gasteiger partial charge in [-0.25, -0.2) is 13.6 Å². The van der Waals surface area contributed by atoms with Crippen LogP contribution in [0.1, 0.15) is 11.6 Å². The number of benzene rings is 1. The average Bonchev–Trinajstić information content (AvgIpc) is 2.50. The SMILES string of the molecule is O=C1NC(=O)C(c2cc(F)ccc2F)N1. The molecular formula is C9H6F2N2O2. The second-order valence-electron chi connectivity index (χ2n) is 3.06. The van der Waals surface area contributed by atoms with E-state index in [0.717, 1.165) is 18.2 Å². The maximum Gasteiger partial charge on any atom is 0.322 e. The lowest BCUT2D eigenvalue weighted by atomic mass is 10.1. The molecule has 2 rings (SSSR count). The van der Waals surface area contributed by atoms with E-state index in [9.17, 15) is 18.4 Å². The van der Waals surface area contributed by atoms with Crippen LogP contribution >= 0.6 is 0 Å². The number of halogens is 2. The van der Waals surface area contributed by atoms with Crippen LogP contribution in [-0.2, 0) is 4.79 Å². The van der Waals surface area contributed by atoms with Gasteiger partial charge in [0.25, 0.3) is 5.91 Å². The second-order valence-corrected chi connectivity index (χ2v) is 3.06. The van der Waals surface area contributed by atoms with Gasteiger partial charge < -0.3 is 5.32 Å². The molecule has 1 atom stereocenters. The van der Waals surface area contributed by atoms with Gasteiger partial charge in [0.1, 0.15) is 17.7 Å². The van der Waals surface area contributed by atoms with Crippen molar-refractivity contribution < 1.29 is 18.4 Å². The maximum atomic E-state index is 13.2. The Balaban J connectivity index is 2.41. The quantitative estimate of drug-likeness (QED) is 0.678. The molecule has 0 spiro atoms. The van der Waals surface area contributed by atoms with E-state index in [1.807, 2.05) is 5.32 Å². The third kappa shape index (κ3) is 1.65. The van der Waals surface area contributed by atoms with Gasteiger partial charge in [-0.15, -0.1) is 0 Å². The highest BCUT2D eigenvalue weighted by atomic mass is 19.1. The van der Waals surface area contributed by atoms with Crippen LogP contribution in [0.25, 0.3) is 0 Å². The Labute approximate surface area is 83.3 Å². The van der Waals surface area contributed by atoms with Gasteiger partial charge in [0.05, 0.1) is 0 Å². The summed E-state index contributed by atoms with van der Waals surface area (Å²) in [4.78, 5) is 21.9. The number of hydrogen-bond acceptors (Lipinski definition) is 2. The zero-order valence-corrected chi connectivity index (χ0v) is 7.38. The first kappa shape index (κ1) is 9.57. The van der Waals surface area contributed by atoms with Crippen molar-refractivity contribution in [2.45, 2.75) is 6.04 Å². The minimum atomic E-state index is -1.16. The van der Waals surface area contributed by atoms with E-state index < -0.39 is 29.6 Å². The number of hydrogen-bond donors (Lipinski definition) is 2. The Kier molecular flexibility index (Phi) is 2.11. The molecule has 1 unspecified atom stereocenters. The molecular weight excluding hydrogens is 206 g/mol. The topological polar surface area (TPSA) is 58.2 Å². The Morgan fingerprint density at radius 2 is 1.93 bits per heavy atom. The fourth-order valence-corrected chi connectivity index (χ4v) is 1.37. The number of carbonyl (C=O) groups is 2. The van der Waals surface area contributed by atoms with E-state index in [2.05, 4.69) is 5.32 Å². The molecule has 15 heavy (non-hydrogen) atoms. The predicted octanol–water partition coefficient (Wildman–Crippen LogP) is 0.845. The molecule has 1 aliphatic heterocycles. The number of urea groups is 1. The standard InChI is InChI=1S/C9H6F2N2O2/c10-4-1-2-6(11)5(3-4)7-8(14)13-9(15)12-7/h1-3,7H,(H2,12,13,14,15). The molecule has 1 heterocycles. The summed E-state index contributed by atoms with van der Waals surface area (Å²) in [5.74, 6) is -2.09. The van der Waals surface area contributed by atoms with Crippen LogP contribution in [0.4, 0.5) is 13.6 Å². The second kappa shape index (κ2) is 3.30. The van der Waals surface area contributed by atoms with Gasteiger partial charge in [0.2, 0.25) is 0 Å². The summed E-state index contributed by atoms with van der Waals surface area (Å²) < 4.78 is 26.0. The van der Waals surface area contributed by atoms with Crippen LogP contribution < -0.4 is 10.6 Å². The smallest absolute Gasteiger partial charge is 0.322 e. The van der Waals surface area contributed by atoms with E-state index in [1.165, 1.54) is 0 Å². The van der Waals surface area contributed by atoms with Crippen molar-refractivity contribution in [2.24, 2.45) is 0 Å². The van der Waals surface area contributed by atoms with Crippen molar-refractivity contribution in [3.05, 3.63) is 35.4 Å². The number of amides is 3. The van der Waals surface area contributed by atoms with Crippen LogP contribution in [0.15, 0.2) is 18.2 Å². The van der Waals surface area contributed by atoms with Crippen LogP contribution in [-0.4, -0.2) is 11.9 Å². The molecule has 3 amide bonds. The van der Waals surface area contributed by atoms with Gasteiger partial charge in [-0.2, -0.15) is 0 Å². The lowest BCUT2D eigenvalue weighted by Gasteiger charge is -2.08. The number of imide groups is 1. The largest absolute Gasteiger partial charge is 0.322 e. The van der Waals surface area contributed by atoms with Crippen molar-refractivity contribution in [3.8, 4) is 0 Å². The first-order valence-electron chi connectivity index (χ1n) is 4.14. The zero-order valence-electron chi connectivity index (χ0n) is 7.38. The molecule has 6 heteroatoms. The maximum absolute atomic E-state index is 13.2. The summed E-state index contributed by atoms with van der Waals surface area (Å²) in [6.45, 7) is 0. The van der Waals surface area contributed by atoms with Crippen molar-refractivity contribution in [1.29, 1.82) is 0 Å². The van der Waals surface area contributed by atoms with Crippen molar-refractivity contribution in [2.75, 3.05) is 0 Å². The molecule has 0 aromatic heterocycles. The number of nitrogens with one attached hydrogen (secondary N) is 2. The van der Waals surface area contributed by atoms with Crippen molar-refractivity contribution >= 4 is 11.9 Å². The molecule has 0 aliphatic carbocycles. The number of rotatable bonds is 1. The van der Waals surface area contributed by atoms with E-state index in [-0.39, 0.29) is 5.56 Å². The molecule has 2 N–H and O–H groups in total. The van der Waals surface area contributed by atoms with Gasteiger partial charge in [-0.05, 0) is 18.2 Å². The highest BCUT2D eigenvalue weighted by molar-refractivity contribution is 6.04. The average molecular weight is 212 g/mol. The summed E-state index contributed by atoms with van der Waals surface area (Å²) in [6, 6.07) is 0.850. The third-order valence-corrected chi connectivity index (χ3v) is 2.04. The first-order chi connectivity index (χ1) is 7.08. The molecule has 1 aliphatic rings. The lowest BCUT2D eigenvalue weighted by molar-refractivity contribution is -0.120. The van der Waals surface area contributed by atoms with E-state index in [0.29, 0.717) is 0 Å². The minimum absolute atomic E-state index is 0.182. The fourth-order valence-electron chi connectivity index (χ4n) is 1.37. The van der Waals surface area contributed by atoms with Crippen molar-refractivity contribution in [1.82, 2.24) is 10.6 Å². The van der Waals surface area contributed by atoms with Crippen LogP contribution in [0.2, 0.25) is 0 Å². The normalized spacial score (nSPS) is 20.0. The van der Waals surface area contributed by atoms with Gasteiger partial charge in [-0.3, -0.25) is 10.1 Å². The van der Waals surface area contributed by atoms with E-state index in [4.69, 9.17) is 0 Å². The highest BCUT2D eigenvalue weighted by Gasteiger charge is 2.32. The van der Waals surface area contributed by atoms with Crippen LogP contribution in [0.5, 0.6) is 0 Å². The molecule has 0 saturated carbocycles. The Morgan fingerprint density at radius 1 is 1.20 bits per heavy atom. The Hall–Kier alpha value is -1.98. The molecule has 4 nitrogen and oxygen atoms in total. The highest BCUT2D eigenvalue weighted by Crippen LogP contribution is 2.20. The summed E-state index contributed by atoms with van der Waals surface area (Å²) in [6.07, 6.45) is 0. The molecule has 1 fully saturated rings. The molecule has 1 saturated heterocycles. The molecule has 0 bridgehead atoms. The van der Waals surface area contributed by atoms with Crippen molar-refractivity contribution in [3.63, 3.8) is 0 Å². The fraction of sp³-hybridized carbons (Fsp3) is 0.111. The summed E-state index contributed by atoms with van der Waals surface area (Å²) in [5, 5.41) is 4.12. The molecule has 78 valence electrons. The molecule has 1 aromatic carbocycles. The van der Waals surface area contributed by atoms with Gasteiger partial charge in [-0.1, -0.05) is 0 Å². The number of carbonyl (C=O) groups excluding carboxylic acids is 2. The third-order valence-electron chi connectivity index (χ3n) is 2.04. The van der Waals surface area contributed by atoms with Gasteiger partial charge in [0.15, 0.2) is 0 Å². The minimum Gasteiger partial charge on any atom is -0.322 e. The lowest BCUT2D eigenvalue weighted by Crippen LogP contribution is -2.22.